The highest BCUT2D eigenvalue weighted by Crippen LogP contribution is 2.42. The smallest absolute Gasteiger partial charge is 0.197 e. The summed E-state index contributed by atoms with van der Waals surface area (Å²) in [6.07, 6.45) is 0.995. The molecule has 5 nitrogen and oxygen atoms in total. The van der Waals surface area contributed by atoms with Crippen LogP contribution in [0.3, 0.4) is 0 Å². The summed E-state index contributed by atoms with van der Waals surface area (Å²) < 4.78 is 0. The molecule has 2 aliphatic rings. The van der Waals surface area contributed by atoms with Gasteiger partial charge in [-0.2, -0.15) is 5.26 Å². The van der Waals surface area contributed by atoms with Crippen LogP contribution >= 0.6 is 11.3 Å². The Labute approximate surface area is 158 Å². The second-order valence-corrected chi connectivity index (χ2v) is 7.95. The number of nitriles is 1. The molecule has 2 N–H and O–H groups in total. The molecule has 4 rings (SSSR count). The Bertz CT molecular complexity index is 943. The Morgan fingerprint density at radius 1 is 1.42 bits per heavy atom. The number of guanidine groups is 1. The van der Waals surface area contributed by atoms with Crippen molar-refractivity contribution in [3.8, 4) is 17.2 Å². The molecule has 0 radical (unpaired) electrons. The van der Waals surface area contributed by atoms with Gasteiger partial charge in [-0.3, -0.25) is 10.4 Å². The highest BCUT2D eigenvalue weighted by molar-refractivity contribution is 7.10. The van der Waals surface area contributed by atoms with E-state index in [1.165, 1.54) is 4.88 Å². The molecule has 130 valence electrons. The summed E-state index contributed by atoms with van der Waals surface area (Å²) in [5.41, 5.74) is 2.46. The second-order valence-electron chi connectivity index (χ2n) is 7.03. The van der Waals surface area contributed by atoms with Gasteiger partial charge in [0.15, 0.2) is 5.96 Å². The fraction of sp³-hybridized carbons (Fsp3) is 0.316. The average molecular weight is 361 g/mol. The zero-order valence-corrected chi connectivity index (χ0v) is 15.7. The summed E-state index contributed by atoms with van der Waals surface area (Å²) >= 11 is 1.69. The van der Waals surface area contributed by atoms with E-state index in [0.29, 0.717) is 11.5 Å². The molecular weight excluding hydrogens is 341 g/mol. The third kappa shape index (κ3) is 2.62. The van der Waals surface area contributed by atoms with E-state index in [0.717, 1.165) is 36.5 Å². The third-order valence-corrected chi connectivity index (χ3v) is 6.60. The number of rotatable bonds is 2. The fourth-order valence-electron chi connectivity index (χ4n) is 3.70. The van der Waals surface area contributed by atoms with Crippen molar-refractivity contribution in [1.82, 2.24) is 10.2 Å². The standard InChI is InChI=1S/C19H20BN5S/c1-19(16(20)17-23-6-3-7-25(17)18(22)24-19)15-9-14(11-26-15)13-5-2-4-12(8-13)10-21/h2,4-5,8-9,11,16H,3,6-7,20H2,1H3,(H2,22,24)/t16?,19-/m1/s1. The minimum absolute atomic E-state index is 0.175. The average Bonchev–Trinajstić information content (AvgIpc) is 3.17. The molecule has 2 aliphatic heterocycles. The first-order valence-electron chi connectivity index (χ1n) is 8.81. The Morgan fingerprint density at radius 3 is 3.08 bits per heavy atom. The van der Waals surface area contributed by atoms with E-state index in [4.69, 9.17) is 15.7 Å². The summed E-state index contributed by atoms with van der Waals surface area (Å²) in [6, 6.07) is 12.1. The number of benzene rings is 1. The summed E-state index contributed by atoms with van der Waals surface area (Å²) in [4.78, 5) is 7.90. The molecule has 7 heteroatoms. The lowest BCUT2D eigenvalue weighted by Gasteiger charge is -2.48. The van der Waals surface area contributed by atoms with Crippen LogP contribution in [0.15, 0.2) is 40.7 Å². The molecule has 1 fully saturated rings. The van der Waals surface area contributed by atoms with E-state index in [-0.39, 0.29) is 11.4 Å². The van der Waals surface area contributed by atoms with Crippen molar-refractivity contribution >= 4 is 31.0 Å². The number of nitrogens with zero attached hydrogens (tertiary/aromatic N) is 3. The summed E-state index contributed by atoms with van der Waals surface area (Å²) in [5, 5.41) is 23.1. The van der Waals surface area contributed by atoms with Gasteiger partial charge in [0.2, 0.25) is 0 Å². The van der Waals surface area contributed by atoms with Gasteiger partial charge in [-0.15, -0.1) is 11.3 Å². The van der Waals surface area contributed by atoms with E-state index in [1.54, 1.807) is 11.3 Å². The maximum atomic E-state index is 9.13. The normalized spacial score (nSPS) is 25.1. The largest absolute Gasteiger partial charge is 0.346 e. The van der Waals surface area contributed by atoms with Crippen LogP contribution in [-0.2, 0) is 5.54 Å². The first kappa shape index (κ1) is 16.9. The number of amidine groups is 1. The number of hydrogen-bond donors (Lipinski definition) is 2. The molecule has 0 spiro atoms. The molecule has 1 aromatic heterocycles. The van der Waals surface area contributed by atoms with Crippen LogP contribution in [0.25, 0.3) is 11.1 Å². The van der Waals surface area contributed by atoms with Gasteiger partial charge in [0, 0.05) is 23.8 Å². The van der Waals surface area contributed by atoms with Crippen LogP contribution in [0.5, 0.6) is 0 Å². The van der Waals surface area contributed by atoms with Crippen LogP contribution in [-0.4, -0.2) is 37.6 Å². The minimum atomic E-state index is -0.362. The highest BCUT2D eigenvalue weighted by atomic mass is 32.1. The molecule has 26 heavy (non-hydrogen) atoms. The molecule has 2 atom stereocenters. The maximum Gasteiger partial charge on any atom is 0.197 e. The van der Waals surface area contributed by atoms with Crippen LogP contribution < -0.4 is 5.32 Å². The molecule has 0 aliphatic carbocycles. The number of thiophene rings is 1. The second kappa shape index (κ2) is 6.29. The topological polar surface area (TPSA) is 75.3 Å². The molecule has 0 amide bonds. The molecule has 1 unspecified atom stereocenters. The van der Waals surface area contributed by atoms with Gasteiger partial charge >= 0.3 is 0 Å². The zero-order chi connectivity index (χ0) is 18.3. The van der Waals surface area contributed by atoms with Gasteiger partial charge in [0.1, 0.15) is 13.7 Å². The third-order valence-electron chi connectivity index (χ3n) is 5.43. The lowest BCUT2D eigenvalue weighted by Crippen LogP contribution is -2.63. The highest BCUT2D eigenvalue weighted by Gasteiger charge is 2.45. The van der Waals surface area contributed by atoms with Gasteiger partial charge in [-0.05, 0) is 48.1 Å². The van der Waals surface area contributed by atoms with Crippen LogP contribution in [0.2, 0.25) is 5.82 Å². The Kier molecular flexibility index (Phi) is 4.08. The van der Waals surface area contributed by atoms with Gasteiger partial charge in [-0.1, -0.05) is 12.1 Å². The minimum Gasteiger partial charge on any atom is -0.346 e. The SMILES string of the molecule is BC1C2=NCCCN2C(=N)N[C@]1(C)c1cc(-c2cccc(C#N)c2)cs1. The van der Waals surface area contributed by atoms with E-state index in [9.17, 15) is 0 Å². The summed E-state index contributed by atoms with van der Waals surface area (Å²) in [7, 11) is 2.19. The van der Waals surface area contributed by atoms with Crippen molar-refractivity contribution in [3.05, 3.63) is 46.2 Å². The van der Waals surface area contributed by atoms with Gasteiger partial charge in [0.05, 0.1) is 17.2 Å². The molecule has 0 bridgehead atoms. The van der Waals surface area contributed by atoms with E-state index >= 15 is 0 Å². The first-order valence-corrected chi connectivity index (χ1v) is 9.69. The van der Waals surface area contributed by atoms with Gasteiger partial charge in [0.25, 0.3) is 0 Å². The molecule has 3 heterocycles. The van der Waals surface area contributed by atoms with Crippen molar-refractivity contribution in [3.63, 3.8) is 0 Å². The summed E-state index contributed by atoms with van der Waals surface area (Å²) in [5.74, 6) is 1.63. The number of nitrogens with one attached hydrogen (secondary N) is 2. The quantitative estimate of drug-likeness (QED) is 0.808. The van der Waals surface area contributed by atoms with E-state index < -0.39 is 0 Å². The van der Waals surface area contributed by atoms with Crippen LogP contribution in [0.1, 0.15) is 23.8 Å². The van der Waals surface area contributed by atoms with Crippen molar-refractivity contribution in [2.45, 2.75) is 24.7 Å². The molecular formula is C19H20BN5S. The first-order chi connectivity index (χ1) is 12.5. The van der Waals surface area contributed by atoms with Crippen molar-refractivity contribution < 1.29 is 0 Å². The lowest BCUT2D eigenvalue weighted by molar-refractivity contribution is 0.368. The van der Waals surface area contributed by atoms with Crippen LogP contribution in [0, 0.1) is 16.7 Å². The van der Waals surface area contributed by atoms with E-state index in [1.807, 2.05) is 29.2 Å². The molecule has 1 aromatic carbocycles. The van der Waals surface area contributed by atoms with Gasteiger partial charge in [-0.25, -0.2) is 0 Å². The monoisotopic (exact) mass is 361 g/mol. The Hall–Kier alpha value is -2.59. The maximum absolute atomic E-state index is 9.13. The summed E-state index contributed by atoms with van der Waals surface area (Å²) in [6.45, 7) is 3.86. The Morgan fingerprint density at radius 2 is 2.27 bits per heavy atom. The lowest BCUT2D eigenvalue weighted by atomic mass is 9.68. The molecule has 1 saturated heterocycles. The fourth-order valence-corrected chi connectivity index (χ4v) is 4.83. The number of hydrogen-bond acceptors (Lipinski definition) is 4. The zero-order valence-electron chi connectivity index (χ0n) is 14.9. The van der Waals surface area contributed by atoms with E-state index in [2.05, 4.69) is 37.6 Å². The van der Waals surface area contributed by atoms with Crippen molar-refractivity contribution in [2.24, 2.45) is 4.99 Å². The molecule has 0 saturated carbocycles. The predicted molar refractivity (Wildman–Crippen MR) is 109 cm³/mol. The van der Waals surface area contributed by atoms with Crippen molar-refractivity contribution in [2.75, 3.05) is 13.1 Å². The molecule has 2 aromatic rings. The predicted octanol–water partition coefficient (Wildman–Crippen LogP) is 2.57. The number of aliphatic imine (C=N–C) groups is 1. The van der Waals surface area contributed by atoms with Crippen molar-refractivity contribution in [1.29, 1.82) is 10.7 Å². The number of fused-ring (bicyclic) bond motifs is 1. The van der Waals surface area contributed by atoms with Crippen LogP contribution in [0.4, 0.5) is 0 Å². The van der Waals surface area contributed by atoms with Gasteiger partial charge < -0.3 is 10.2 Å². The Balaban J connectivity index is 1.71.